The second-order valence-electron chi connectivity index (χ2n) is 5.82. The molecule has 1 aromatic heterocycles. The van der Waals surface area contributed by atoms with Crippen LogP contribution in [0.2, 0.25) is 5.02 Å². The van der Waals surface area contributed by atoms with Gasteiger partial charge in [0.2, 0.25) is 0 Å². The summed E-state index contributed by atoms with van der Waals surface area (Å²) in [5, 5.41) is 4.64. The van der Waals surface area contributed by atoms with E-state index >= 15 is 0 Å². The third-order valence-corrected chi connectivity index (χ3v) is 4.40. The molecule has 0 spiro atoms. The average molecular weight is 388 g/mol. The Kier molecular flexibility index (Phi) is 5.13. The zero-order chi connectivity index (χ0) is 18.6. The molecule has 1 N–H and O–H groups in total. The molecule has 0 fully saturated rings. The van der Waals surface area contributed by atoms with E-state index in [0.29, 0.717) is 54.5 Å². The van der Waals surface area contributed by atoms with Gasteiger partial charge in [0.1, 0.15) is 31.1 Å². The molecule has 0 aliphatic carbocycles. The van der Waals surface area contributed by atoms with Gasteiger partial charge in [-0.25, -0.2) is 9.97 Å². The molecule has 1 aliphatic heterocycles. The van der Waals surface area contributed by atoms with Crippen LogP contribution in [0, 0.1) is 0 Å². The fraction of sp³-hybridized carbons (Fsp3) is 0.263. The van der Waals surface area contributed by atoms with Crippen LogP contribution >= 0.6 is 11.6 Å². The van der Waals surface area contributed by atoms with Crippen molar-refractivity contribution in [1.29, 1.82) is 0 Å². The van der Waals surface area contributed by atoms with Crippen LogP contribution in [-0.2, 0) is 4.74 Å². The van der Waals surface area contributed by atoms with Crippen LogP contribution in [0.3, 0.4) is 0 Å². The van der Waals surface area contributed by atoms with Gasteiger partial charge in [0.25, 0.3) is 0 Å². The summed E-state index contributed by atoms with van der Waals surface area (Å²) in [5.41, 5.74) is 1.53. The molecule has 0 unspecified atom stereocenters. The molecule has 0 atom stereocenters. The lowest BCUT2D eigenvalue weighted by Crippen LogP contribution is -2.12. The van der Waals surface area contributed by atoms with Gasteiger partial charge in [-0.3, -0.25) is 0 Å². The Morgan fingerprint density at radius 1 is 1.00 bits per heavy atom. The predicted octanol–water partition coefficient (Wildman–Crippen LogP) is 3.82. The Labute approximate surface area is 161 Å². The lowest BCUT2D eigenvalue weighted by atomic mass is 10.2. The van der Waals surface area contributed by atoms with Crippen molar-refractivity contribution < 1.29 is 18.9 Å². The summed E-state index contributed by atoms with van der Waals surface area (Å²) in [6.45, 7) is 1.62. The van der Waals surface area contributed by atoms with E-state index in [0.717, 1.165) is 16.6 Å². The van der Waals surface area contributed by atoms with Crippen molar-refractivity contribution in [3.63, 3.8) is 0 Å². The summed E-state index contributed by atoms with van der Waals surface area (Å²) >= 11 is 6.22. The normalized spacial score (nSPS) is 14.4. The van der Waals surface area contributed by atoms with E-state index in [4.69, 9.17) is 30.5 Å². The number of ether oxygens (including phenoxy) is 4. The topological polar surface area (TPSA) is 74.7 Å². The Balaban J connectivity index is 1.81. The summed E-state index contributed by atoms with van der Waals surface area (Å²) in [7, 11) is 1.60. The highest BCUT2D eigenvalue weighted by Crippen LogP contribution is 2.35. The minimum atomic E-state index is 0.382. The molecule has 8 heteroatoms. The van der Waals surface area contributed by atoms with Crippen molar-refractivity contribution in [2.75, 3.05) is 38.9 Å². The lowest BCUT2D eigenvalue weighted by Gasteiger charge is -2.14. The number of halogens is 1. The van der Waals surface area contributed by atoms with Crippen LogP contribution in [0.15, 0.2) is 36.7 Å². The van der Waals surface area contributed by atoms with Crippen molar-refractivity contribution in [2.24, 2.45) is 0 Å². The number of hydrogen-bond donors (Lipinski definition) is 1. The molecule has 0 radical (unpaired) electrons. The van der Waals surface area contributed by atoms with E-state index in [-0.39, 0.29) is 0 Å². The van der Waals surface area contributed by atoms with Gasteiger partial charge < -0.3 is 24.3 Å². The van der Waals surface area contributed by atoms with Crippen molar-refractivity contribution in [3.8, 4) is 17.2 Å². The molecule has 27 heavy (non-hydrogen) atoms. The third kappa shape index (κ3) is 3.84. The van der Waals surface area contributed by atoms with Gasteiger partial charge in [0.15, 0.2) is 11.5 Å². The van der Waals surface area contributed by atoms with Gasteiger partial charge in [-0.15, -0.1) is 0 Å². The molecule has 2 heterocycles. The minimum absolute atomic E-state index is 0.382. The van der Waals surface area contributed by atoms with Gasteiger partial charge in [-0.05, 0) is 18.2 Å². The Morgan fingerprint density at radius 2 is 1.81 bits per heavy atom. The number of hydrogen-bond acceptors (Lipinski definition) is 7. The van der Waals surface area contributed by atoms with E-state index in [1.807, 2.05) is 24.3 Å². The van der Waals surface area contributed by atoms with Gasteiger partial charge in [-0.2, -0.15) is 0 Å². The zero-order valence-corrected chi connectivity index (χ0v) is 15.5. The number of fused-ring (bicyclic) bond motifs is 3. The van der Waals surface area contributed by atoms with Crippen LogP contribution < -0.4 is 19.5 Å². The number of methoxy groups -OCH3 is 1. The molecule has 140 valence electrons. The van der Waals surface area contributed by atoms with E-state index < -0.39 is 0 Å². The Hall–Kier alpha value is -2.77. The smallest absolute Gasteiger partial charge is 0.162 e. The maximum absolute atomic E-state index is 6.22. The number of aromatic nitrogens is 2. The van der Waals surface area contributed by atoms with E-state index in [9.17, 15) is 0 Å². The first-order chi connectivity index (χ1) is 13.2. The molecule has 3 aromatic rings. The number of anilines is 2. The van der Waals surface area contributed by atoms with Crippen LogP contribution in [0.1, 0.15) is 0 Å². The summed E-state index contributed by atoms with van der Waals surface area (Å²) in [4.78, 5) is 8.70. The van der Waals surface area contributed by atoms with Gasteiger partial charge in [0.05, 0.1) is 30.9 Å². The minimum Gasteiger partial charge on any atom is -0.493 e. The van der Waals surface area contributed by atoms with Crippen LogP contribution in [0.5, 0.6) is 17.2 Å². The molecule has 0 saturated heterocycles. The van der Waals surface area contributed by atoms with Crippen molar-refractivity contribution in [2.45, 2.75) is 0 Å². The SMILES string of the molecule is COc1cc2ncnc3c2cc1OCCOCCOc1cc(ccc1Cl)N3. The van der Waals surface area contributed by atoms with Crippen LogP contribution in [0.25, 0.3) is 10.9 Å². The monoisotopic (exact) mass is 387 g/mol. The largest absolute Gasteiger partial charge is 0.493 e. The first-order valence-electron chi connectivity index (χ1n) is 8.47. The highest BCUT2D eigenvalue weighted by atomic mass is 35.5. The van der Waals surface area contributed by atoms with Crippen molar-refractivity contribution >= 4 is 34.0 Å². The van der Waals surface area contributed by atoms with E-state index in [1.165, 1.54) is 6.33 Å². The zero-order valence-electron chi connectivity index (χ0n) is 14.7. The summed E-state index contributed by atoms with van der Waals surface area (Å²) in [6.07, 6.45) is 1.50. The Morgan fingerprint density at radius 3 is 2.63 bits per heavy atom. The highest BCUT2D eigenvalue weighted by molar-refractivity contribution is 6.32. The molecule has 2 aromatic carbocycles. The molecule has 4 bridgehead atoms. The lowest BCUT2D eigenvalue weighted by molar-refractivity contribution is 0.0758. The molecule has 4 rings (SSSR count). The predicted molar refractivity (Wildman–Crippen MR) is 103 cm³/mol. The quantitative estimate of drug-likeness (QED) is 0.680. The van der Waals surface area contributed by atoms with E-state index in [2.05, 4.69) is 15.3 Å². The highest BCUT2D eigenvalue weighted by Gasteiger charge is 2.13. The van der Waals surface area contributed by atoms with Gasteiger partial charge in [0, 0.05) is 23.2 Å². The summed E-state index contributed by atoms with van der Waals surface area (Å²) < 4.78 is 22.5. The molecule has 1 aliphatic rings. The van der Waals surface area contributed by atoms with E-state index in [1.54, 1.807) is 13.2 Å². The van der Waals surface area contributed by atoms with Crippen molar-refractivity contribution in [3.05, 3.63) is 41.7 Å². The standard InChI is InChI=1S/C19H18ClN3O4/c1-24-17-10-15-13-9-18(17)27-7-5-25-4-6-26-16-8-12(2-3-14(16)20)23-19(13)22-11-21-15/h2-3,8-11H,4-7H2,1H3,(H,21,22,23). The second kappa shape index (κ2) is 7.85. The number of nitrogens with one attached hydrogen (secondary N) is 1. The Bertz CT molecular complexity index is 967. The van der Waals surface area contributed by atoms with Gasteiger partial charge >= 0.3 is 0 Å². The maximum Gasteiger partial charge on any atom is 0.162 e. The molecule has 7 nitrogen and oxygen atoms in total. The number of benzene rings is 2. The number of nitrogens with zero attached hydrogens (tertiary/aromatic N) is 2. The molecule has 0 amide bonds. The van der Waals surface area contributed by atoms with Gasteiger partial charge in [-0.1, -0.05) is 11.6 Å². The molecular weight excluding hydrogens is 370 g/mol. The first kappa shape index (κ1) is 17.6. The summed E-state index contributed by atoms with van der Waals surface area (Å²) in [6, 6.07) is 9.16. The van der Waals surface area contributed by atoms with Crippen molar-refractivity contribution in [1.82, 2.24) is 9.97 Å². The van der Waals surface area contributed by atoms with Crippen LogP contribution in [0.4, 0.5) is 11.5 Å². The fourth-order valence-electron chi connectivity index (χ4n) is 2.79. The third-order valence-electron chi connectivity index (χ3n) is 4.09. The first-order valence-corrected chi connectivity index (χ1v) is 8.85. The number of rotatable bonds is 1. The second-order valence-corrected chi connectivity index (χ2v) is 6.23. The fourth-order valence-corrected chi connectivity index (χ4v) is 2.96. The molecule has 0 saturated carbocycles. The molecular formula is C19H18ClN3O4. The summed E-state index contributed by atoms with van der Waals surface area (Å²) in [5.74, 6) is 2.44. The maximum atomic E-state index is 6.22. The van der Waals surface area contributed by atoms with Crippen LogP contribution in [-0.4, -0.2) is 43.5 Å². The average Bonchev–Trinajstić information content (AvgIpc) is 2.69.